The molecule has 2 N–H and O–H groups in total. The van der Waals surface area contributed by atoms with Crippen molar-refractivity contribution in [2.75, 3.05) is 0 Å². The molecule has 0 amide bonds. The lowest BCUT2D eigenvalue weighted by Gasteiger charge is -2.31. The summed E-state index contributed by atoms with van der Waals surface area (Å²) in [7, 11) is 0. The fourth-order valence-electron chi connectivity index (χ4n) is 3.66. The van der Waals surface area contributed by atoms with Gasteiger partial charge in [0, 0.05) is 5.56 Å². The molecule has 0 aromatic heterocycles. The molecule has 0 heterocycles. The van der Waals surface area contributed by atoms with Gasteiger partial charge in [-0.2, -0.15) is 13.2 Å². The van der Waals surface area contributed by atoms with Gasteiger partial charge >= 0.3 is 6.18 Å². The van der Waals surface area contributed by atoms with Gasteiger partial charge in [-0.1, -0.05) is 68.3 Å². The molecule has 0 aliphatic heterocycles. The molecule has 5 heteroatoms. The third kappa shape index (κ3) is 5.39. The Labute approximate surface area is 175 Å². The minimum atomic E-state index is -4.48. The second-order valence-corrected chi connectivity index (χ2v) is 7.95. The molecule has 3 rings (SSSR count). The second-order valence-electron chi connectivity index (χ2n) is 7.95. The van der Waals surface area contributed by atoms with Crippen molar-refractivity contribution in [3.63, 3.8) is 0 Å². The third-order valence-electron chi connectivity index (χ3n) is 5.64. The van der Waals surface area contributed by atoms with E-state index in [1.165, 1.54) is 25.0 Å². The molecular weight excluding hydrogens is 390 g/mol. The molecule has 0 spiro atoms. The molecule has 0 saturated heterocycles. The molecule has 2 aromatic carbocycles. The lowest BCUT2D eigenvalue weighted by atomic mass is 9.79. The fourth-order valence-corrected chi connectivity index (χ4v) is 3.66. The molecule has 1 atom stereocenters. The summed E-state index contributed by atoms with van der Waals surface area (Å²) in [5.74, 6) is 0.0932. The Bertz CT molecular complexity index is 910. The average molecular weight is 417 g/mol. The van der Waals surface area contributed by atoms with Crippen molar-refractivity contribution in [3.8, 4) is 0 Å². The Morgan fingerprint density at radius 1 is 1.07 bits per heavy atom. The first-order valence-electron chi connectivity index (χ1n) is 10.3. The van der Waals surface area contributed by atoms with E-state index < -0.39 is 23.1 Å². The van der Waals surface area contributed by atoms with Crippen LogP contribution in [0.4, 0.5) is 17.6 Å². The van der Waals surface area contributed by atoms with Crippen molar-refractivity contribution in [1.29, 1.82) is 0 Å². The molecule has 1 fully saturated rings. The normalized spacial score (nSPS) is 17.3. The van der Waals surface area contributed by atoms with Crippen LogP contribution in [-0.2, 0) is 5.54 Å². The van der Waals surface area contributed by atoms with Crippen LogP contribution in [0.2, 0.25) is 0 Å². The van der Waals surface area contributed by atoms with Gasteiger partial charge in [-0.3, -0.25) is 0 Å². The zero-order chi connectivity index (χ0) is 21.8. The Morgan fingerprint density at radius 2 is 1.77 bits per heavy atom. The quantitative estimate of drug-likeness (QED) is 0.359. The van der Waals surface area contributed by atoms with E-state index in [0.29, 0.717) is 17.9 Å². The maximum absolute atomic E-state index is 14.4. The summed E-state index contributed by atoms with van der Waals surface area (Å²) in [6.45, 7) is 1.63. The summed E-state index contributed by atoms with van der Waals surface area (Å²) in [6.07, 6.45) is 3.01. The van der Waals surface area contributed by atoms with Crippen LogP contribution in [0.15, 0.2) is 66.3 Å². The van der Waals surface area contributed by atoms with Crippen LogP contribution in [0.25, 0.3) is 6.08 Å². The first-order valence-corrected chi connectivity index (χ1v) is 10.3. The van der Waals surface area contributed by atoms with Crippen LogP contribution < -0.4 is 5.73 Å². The van der Waals surface area contributed by atoms with E-state index in [1.54, 1.807) is 19.1 Å². The number of allylic oxidation sites excluding steroid dienone is 3. The molecule has 1 aliphatic carbocycles. The lowest BCUT2D eigenvalue weighted by Crippen LogP contribution is -2.38. The lowest BCUT2D eigenvalue weighted by molar-refractivity contribution is -0.0883. The van der Waals surface area contributed by atoms with E-state index in [-0.39, 0.29) is 12.0 Å². The van der Waals surface area contributed by atoms with Crippen molar-refractivity contribution in [2.45, 2.75) is 50.7 Å². The van der Waals surface area contributed by atoms with Crippen molar-refractivity contribution >= 4 is 6.08 Å². The number of alkyl halides is 3. The van der Waals surface area contributed by atoms with Gasteiger partial charge in [-0.05, 0) is 54.5 Å². The molecule has 1 nitrogen and oxygen atoms in total. The largest absolute Gasteiger partial charge is 0.416 e. The van der Waals surface area contributed by atoms with Crippen LogP contribution in [-0.4, -0.2) is 6.18 Å². The smallest absolute Gasteiger partial charge is 0.318 e. The predicted octanol–water partition coefficient (Wildman–Crippen LogP) is 7.13. The zero-order valence-corrected chi connectivity index (χ0v) is 17.1. The van der Waals surface area contributed by atoms with E-state index in [2.05, 4.69) is 0 Å². The number of nitrogens with two attached hydrogens (primary N) is 1. The maximum atomic E-state index is 14.4. The number of benzene rings is 2. The van der Waals surface area contributed by atoms with E-state index in [1.807, 2.05) is 30.3 Å². The van der Waals surface area contributed by atoms with Gasteiger partial charge in [0.2, 0.25) is 0 Å². The van der Waals surface area contributed by atoms with E-state index in [9.17, 15) is 17.6 Å². The zero-order valence-electron chi connectivity index (χ0n) is 17.1. The third-order valence-corrected chi connectivity index (χ3v) is 5.64. The molecular formula is C25H27F4N. The Morgan fingerprint density at radius 3 is 2.37 bits per heavy atom. The topological polar surface area (TPSA) is 26.0 Å². The summed E-state index contributed by atoms with van der Waals surface area (Å²) < 4.78 is 53.9. The molecule has 1 unspecified atom stereocenters. The van der Waals surface area contributed by atoms with Gasteiger partial charge in [0.15, 0.2) is 0 Å². The highest BCUT2D eigenvalue weighted by molar-refractivity contribution is 5.56. The van der Waals surface area contributed by atoms with E-state index in [0.717, 1.165) is 24.1 Å². The number of halogens is 4. The van der Waals surface area contributed by atoms with Crippen molar-refractivity contribution in [2.24, 2.45) is 11.7 Å². The maximum Gasteiger partial charge on any atom is 0.416 e. The molecule has 1 saturated carbocycles. The highest BCUT2D eigenvalue weighted by Crippen LogP contribution is 2.40. The Kier molecular flexibility index (Phi) is 6.81. The summed E-state index contributed by atoms with van der Waals surface area (Å²) in [5, 5.41) is 0. The summed E-state index contributed by atoms with van der Waals surface area (Å²) in [5.41, 5.74) is 6.96. The SMILES string of the molecule is CC/C=C(/C=C/c1cc(C(N)(CCC2CC2)c2ccccc2)ccc1F)C(F)(F)F. The number of rotatable bonds is 8. The van der Waals surface area contributed by atoms with Crippen LogP contribution in [0.1, 0.15) is 55.7 Å². The van der Waals surface area contributed by atoms with Crippen molar-refractivity contribution < 1.29 is 17.6 Å². The summed E-state index contributed by atoms with van der Waals surface area (Å²) in [4.78, 5) is 0. The molecule has 160 valence electrons. The molecule has 0 bridgehead atoms. The Balaban J connectivity index is 1.98. The molecule has 1 aliphatic rings. The van der Waals surface area contributed by atoms with Crippen molar-refractivity contribution in [3.05, 3.63) is 88.8 Å². The van der Waals surface area contributed by atoms with E-state index >= 15 is 0 Å². The average Bonchev–Trinajstić information content (AvgIpc) is 3.55. The number of hydrogen-bond acceptors (Lipinski definition) is 1. The Hall–Kier alpha value is -2.40. The minimum Gasteiger partial charge on any atom is -0.318 e. The van der Waals surface area contributed by atoms with Gasteiger partial charge < -0.3 is 5.73 Å². The first kappa shape index (κ1) is 22.3. The predicted molar refractivity (Wildman–Crippen MR) is 113 cm³/mol. The van der Waals surface area contributed by atoms with Gasteiger partial charge in [-0.15, -0.1) is 0 Å². The van der Waals surface area contributed by atoms with E-state index in [4.69, 9.17) is 5.73 Å². The van der Waals surface area contributed by atoms with Gasteiger partial charge in [-0.25, -0.2) is 4.39 Å². The monoisotopic (exact) mass is 417 g/mol. The van der Waals surface area contributed by atoms with Crippen LogP contribution in [0, 0.1) is 11.7 Å². The molecule has 2 aromatic rings. The summed E-state index contributed by atoms with van der Waals surface area (Å²) >= 11 is 0. The van der Waals surface area contributed by atoms with Gasteiger partial charge in [0.05, 0.1) is 11.1 Å². The fraction of sp³-hybridized carbons (Fsp3) is 0.360. The van der Waals surface area contributed by atoms with Crippen LogP contribution in [0.5, 0.6) is 0 Å². The first-order chi connectivity index (χ1) is 14.2. The van der Waals surface area contributed by atoms with Gasteiger partial charge in [0.1, 0.15) is 5.82 Å². The van der Waals surface area contributed by atoms with Crippen molar-refractivity contribution in [1.82, 2.24) is 0 Å². The summed E-state index contributed by atoms with van der Waals surface area (Å²) in [6, 6.07) is 14.1. The molecule has 30 heavy (non-hydrogen) atoms. The van der Waals surface area contributed by atoms with Crippen LogP contribution in [0.3, 0.4) is 0 Å². The van der Waals surface area contributed by atoms with Gasteiger partial charge in [0.25, 0.3) is 0 Å². The highest BCUT2D eigenvalue weighted by atomic mass is 19.4. The minimum absolute atomic E-state index is 0.0935. The second kappa shape index (κ2) is 9.17. The van der Waals surface area contributed by atoms with Crippen LogP contribution >= 0.6 is 0 Å². The standard InChI is InChI=1S/C25H27F4N/c1-2-6-21(25(27,28)29)12-11-19-17-22(13-14-23(19)26)24(30,16-15-18-9-10-18)20-7-4-3-5-8-20/h3-8,11-14,17-18H,2,9-10,15-16,30H2,1H3/b12-11+,21-6-. The molecule has 0 radical (unpaired) electrons. The highest BCUT2D eigenvalue weighted by Gasteiger charge is 2.33. The number of hydrogen-bond donors (Lipinski definition) is 1.